The molecule has 0 aliphatic rings. The van der Waals surface area contributed by atoms with Gasteiger partial charge in [-0.1, -0.05) is 12.1 Å². The quantitative estimate of drug-likeness (QED) is 0.792. The summed E-state index contributed by atoms with van der Waals surface area (Å²) in [6.07, 6.45) is 4.06. The van der Waals surface area contributed by atoms with E-state index in [1.165, 1.54) is 0 Å². The number of aromatic nitrogens is 1. The first-order chi connectivity index (χ1) is 7.42. The first-order valence-corrected chi connectivity index (χ1v) is 5.08. The Labute approximate surface area is 89.5 Å². The second-order valence-electron chi connectivity index (χ2n) is 3.32. The van der Waals surface area contributed by atoms with E-state index in [9.17, 15) is 0 Å². The van der Waals surface area contributed by atoms with Gasteiger partial charge >= 0.3 is 0 Å². The van der Waals surface area contributed by atoms with E-state index < -0.39 is 0 Å². The van der Waals surface area contributed by atoms with Crippen LogP contribution in [0.3, 0.4) is 0 Å². The molecule has 1 aromatic heterocycles. The number of para-hydroxylation sites is 2. The van der Waals surface area contributed by atoms with Crippen LogP contribution in [0.15, 0.2) is 48.8 Å². The number of nitrogens with one attached hydrogen (secondary N) is 1. The summed E-state index contributed by atoms with van der Waals surface area (Å²) in [5.41, 5.74) is 7.74. The first kappa shape index (κ1) is 9.80. The van der Waals surface area contributed by atoms with E-state index >= 15 is 0 Å². The van der Waals surface area contributed by atoms with Gasteiger partial charge in [-0.15, -0.1) is 0 Å². The third-order valence-corrected chi connectivity index (χ3v) is 2.25. The number of benzene rings is 1. The first-order valence-electron chi connectivity index (χ1n) is 5.08. The zero-order valence-electron chi connectivity index (χ0n) is 8.56. The molecule has 0 fully saturated rings. The van der Waals surface area contributed by atoms with Crippen LogP contribution < -0.4 is 11.1 Å². The van der Waals surface area contributed by atoms with Crippen molar-refractivity contribution in [1.29, 1.82) is 0 Å². The molecule has 2 aromatic rings. The lowest BCUT2D eigenvalue weighted by Gasteiger charge is -2.11. The largest absolute Gasteiger partial charge is 0.382 e. The van der Waals surface area contributed by atoms with E-state index in [0.717, 1.165) is 17.9 Å². The number of anilines is 1. The van der Waals surface area contributed by atoms with Crippen molar-refractivity contribution in [3.63, 3.8) is 0 Å². The van der Waals surface area contributed by atoms with E-state index in [4.69, 9.17) is 5.73 Å². The summed E-state index contributed by atoms with van der Waals surface area (Å²) in [5, 5.41) is 3.31. The number of nitrogens with zero attached hydrogens (tertiary/aromatic N) is 1. The minimum atomic E-state index is 0.639. The Morgan fingerprint density at radius 3 is 2.53 bits per heavy atom. The van der Waals surface area contributed by atoms with E-state index in [1.54, 1.807) is 0 Å². The van der Waals surface area contributed by atoms with Gasteiger partial charge in [0.15, 0.2) is 0 Å². The van der Waals surface area contributed by atoms with Crippen molar-refractivity contribution in [3.05, 3.63) is 48.8 Å². The molecule has 0 unspecified atom stereocenters. The molecule has 3 nitrogen and oxygen atoms in total. The van der Waals surface area contributed by atoms with Gasteiger partial charge in [-0.3, -0.25) is 0 Å². The maximum atomic E-state index is 5.48. The Hall–Kier alpha value is -1.74. The fraction of sp³-hybridized carbons (Fsp3) is 0.167. The average Bonchev–Trinajstić information content (AvgIpc) is 2.80. The number of nitrogens with two attached hydrogens (primary N) is 1. The summed E-state index contributed by atoms with van der Waals surface area (Å²) in [6.45, 7) is 1.43. The summed E-state index contributed by atoms with van der Waals surface area (Å²) in [6, 6.07) is 12.2. The van der Waals surface area contributed by atoms with Crippen LogP contribution in [0.2, 0.25) is 0 Å². The predicted octanol–water partition coefficient (Wildman–Crippen LogP) is 1.85. The van der Waals surface area contributed by atoms with E-state index in [2.05, 4.69) is 22.0 Å². The lowest BCUT2D eigenvalue weighted by Crippen LogP contribution is -2.14. The highest BCUT2D eigenvalue weighted by Crippen LogP contribution is 2.19. The van der Waals surface area contributed by atoms with Gasteiger partial charge in [-0.05, 0) is 24.3 Å². The number of hydrogen-bond donors (Lipinski definition) is 2. The van der Waals surface area contributed by atoms with Gasteiger partial charge in [0.2, 0.25) is 0 Å². The molecule has 3 N–H and O–H groups in total. The Kier molecular flexibility index (Phi) is 3.05. The van der Waals surface area contributed by atoms with Gasteiger partial charge in [-0.25, -0.2) is 0 Å². The molecule has 1 heterocycles. The Morgan fingerprint density at radius 1 is 1.07 bits per heavy atom. The van der Waals surface area contributed by atoms with Crippen LogP contribution in [0.25, 0.3) is 5.69 Å². The van der Waals surface area contributed by atoms with E-state index in [-0.39, 0.29) is 0 Å². The third kappa shape index (κ3) is 2.19. The maximum Gasteiger partial charge on any atom is 0.0682 e. The molecule has 0 saturated carbocycles. The highest BCUT2D eigenvalue weighted by molar-refractivity contribution is 5.61. The molecule has 0 spiro atoms. The van der Waals surface area contributed by atoms with E-state index in [0.29, 0.717) is 6.54 Å². The highest BCUT2D eigenvalue weighted by Gasteiger charge is 2.00. The maximum absolute atomic E-state index is 5.48. The summed E-state index contributed by atoms with van der Waals surface area (Å²) < 4.78 is 2.08. The fourth-order valence-electron chi connectivity index (χ4n) is 1.55. The zero-order chi connectivity index (χ0) is 10.5. The molecule has 1 aromatic carbocycles. The topological polar surface area (TPSA) is 43.0 Å². The van der Waals surface area contributed by atoms with Crippen molar-refractivity contribution < 1.29 is 0 Å². The Balaban J connectivity index is 2.30. The van der Waals surface area contributed by atoms with Gasteiger partial charge in [-0.2, -0.15) is 0 Å². The summed E-state index contributed by atoms with van der Waals surface area (Å²) in [5.74, 6) is 0. The molecule has 0 aliphatic heterocycles. The highest BCUT2D eigenvalue weighted by atomic mass is 15.0. The van der Waals surface area contributed by atoms with Gasteiger partial charge < -0.3 is 15.6 Å². The van der Waals surface area contributed by atoms with Crippen LogP contribution in [0.5, 0.6) is 0 Å². The zero-order valence-corrected chi connectivity index (χ0v) is 8.56. The third-order valence-electron chi connectivity index (χ3n) is 2.25. The van der Waals surface area contributed by atoms with Crippen molar-refractivity contribution in [2.24, 2.45) is 5.73 Å². The molecular weight excluding hydrogens is 186 g/mol. The van der Waals surface area contributed by atoms with Crippen molar-refractivity contribution in [3.8, 4) is 5.69 Å². The number of rotatable bonds is 4. The van der Waals surface area contributed by atoms with Crippen LogP contribution in [-0.2, 0) is 0 Å². The molecule has 0 atom stereocenters. The normalized spacial score (nSPS) is 10.2. The fourth-order valence-corrected chi connectivity index (χ4v) is 1.55. The van der Waals surface area contributed by atoms with Gasteiger partial charge in [0, 0.05) is 25.5 Å². The minimum Gasteiger partial charge on any atom is -0.382 e. The van der Waals surface area contributed by atoms with Crippen molar-refractivity contribution >= 4 is 5.69 Å². The SMILES string of the molecule is NCCNc1ccccc1-n1cccc1. The molecule has 15 heavy (non-hydrogen) atoms. The predicted molar refractivity (Wildman–Crippen MR) is 63.3 cm³/mol. The lowest BCUT2D eigenvalue weighted by atomic mass is 10.2. The standard InChI is InChI=1S/C12H15N3/c13-7-8-14-11-5-1-2-6-12(11)15-9-3-4-10-15/h1-6,9-10,14H,7-8,13H2. The molecular formula is C12H15N3. The van der Waals surface area contributed by atoms with Crippen molar-refractivity contribution in [2.45, 2.75) is 0 Å². The minimum absolute atomic E-state index is 0.639. The van der Waals surface area contributed by atoms with Crippen molar-refractivity contribution in [2.75, 3.05) is 18.4 Å². The summed E-state index contributed by atoms with van der Waals surface area (Å²) in [7, 11) is 0. The monoisotopic (exact) mass is 201 g/mol. The Bertz CT molecular complexity index is 407. The molecule has 78 valence electrons. The molecule has 0 radical (unpaired) electrons. The van der Waals surface area contributed by atoms with Crippen LogP contribution >= 0.6 is 0 Å². The van der Waals surface area contributed by atoms with Gasteiger partial charge in [0.25, 0.3) is 0 Å². The molecule has 2 rings (SSSR count). The van der Waals surface area contributed by atoms with Crippen LogP contribution in [0, 0.1) is 0 Å². The van der Waals surface area contributed by atoms with Crippen LogP contribution in [0.4, 0.5) is 5.69 Å². The molecule has 0 aliphatic carbocycles. The molecule has 3 heteroatoms. The molecule has 0 amide bonds. The van der Waals surface area contributed by atoms with Gasteiger partial charge in [0.05, 0.1) is 11.4 Å². The van der Waals surface area contributed by atoms with Crippen LogP contribution in [-0.4, -0.2) is 17.7 Å². The van der Waals surface area contributed by atoms with Crippen LogP contribution in [0.1, 0.15) is 0 Å². The molecule has 0 saturated heterocycles. The summed E-state index contributed by atoms with van der Waals surface area (Å²) in [4.78, 5) is 0. The van der Waals surface area contributed by atoms with Crippen molar-refractivity contribution in [1.82, 2.24) is 4.57 Å². The molecule has 0 bridgehead atoms. The second kappa shape index (κ2) is 4.66. The van der Waals surface area contributed by atoms with Gasteiger partial charge in [0.1, 0.15) is 0 Å². The smallest absolute Gasteiger partial charge is 0.0682 e. The summed E-state index contributed by atoms with van der Waals surface area (Å²) >= 11 is 0. The average molecular weight is 201 g/mol. The lowest BCUT2D eigenvalue weighted by molar-refractivity contribution is 1.01. The number of hydrogen-bond acceptors (Lipinski definition) is 2. The Morgan fingerprint density at radius 2 is 1.80 bits per heavy atom. The second-order valence-corrected chi connectivity index (χ2v) is 3.32. The van der Waals surface area contributed by atoms with E-state index in [1.807, 2.05) is 36.7 Å².